The van der Waals surface area contributed by atoms with Gasteiger partial charge < -0.3 is 9.84 Å². The van der Waals surface area contributed by atoms with Gasteiger partial charge in [0.1, 0.15) is 11.6 Å². The summed E-state index contributed by atoms with van der Waals surface area (Å²) in [6, 6.07) is 9.62. The predicted octanol–water partition coefficient (Wildman–Crippen LogP) is 3.11. The van der Waals surface area contributed by atoms with E-state index in [9.17, 15) is 4.79 Å². The zero-order valence-electron chi connectivity index (χ0n) is 12.1. The van der Waals surface area contributed by atoms with Crippen molar-refractivity contribution < 1.29 is 14.6 Å². The second-order valence-electron chi connectivity index (χ2n) is 5.23. The molecule has 1 fully saturated rings. The number of aromatic nitrogens is 1. The maximum atomic E-state index is 12.3. The van der Waals surface area contributed by atoms with E-state index in [1.807, 2.05) is 35.7 Å². The Bertz CT molecular complexity index is 629. The lowest BCUT2D eigenvalue weighted by Gasteiger charge is -2.22. The van der Waals surface area contributed by atoms with Gasteiger partial charge in [-0.3, -0.25) is 4.90 Å². The summed E-state index contributed by atoms with van der Waals surface area (Å²) in [4.78, 5) is 18.4. The Hall–Kier alpha value is -1.92. The first-order valence-corrected chi connectivity index (χ1v) is 8.18. The highest BCUT2D eigenvalue weighted by molar-refractivity contribution is 7.09. The van der Waals surface area contributed by atoms with Crippen LogP contribution in [-0.4, -0.2) is 27.6 Å². The van der Waals surface area contributed by atoms with E-state index >= 15 is 0 Å². The molecule has 0 bridgehead atoms. The van der Waals surface area contributed by atoms with Gasteiger partial charge in [-0.15, -0.1) is 11.3 Å². The largest absolute Gasteiger partial charge is 0.445 e. The van der Waals surface area contributed by atoms with Crippen LogP contribution in [0, 0.1) is 0 Å². The third kappa shape index (κ3) is 3.28. The van der Waals surface area contributed by atoms with Gasteiger partial charge in [0, 0.05) is 11.9 Å². The molecule has 0 unspecified atom stereocenters. The molecule has 2 heterocycles. The minimum absolute atomic E-state index is 0.0337. The second kappa shape index (κ2) is 6.89. The van der Waals surface area contributed by atoms with E-state index in [1.165, 1.54) is 11.3 Å². The SMILES string of the molecule is O=C(OCc1ccccc1)N1CCC[C@H]1c1nc(CO)cs1. The molecule has 116 valence electrons. The van der Waals surface area contributed by atoms with Gasteiger partial charge in [-0.25, -0.2) is 9.78 Å². The number of hydrogen-bond donors (Lipinski definition) is 1. The van der Waals surface area contributed by atoms with E-state index < -0.39 is 0 Å². The lowest BCUT2D eigenvalue weighted by atomic mass is 10.2. The van der Waals surface area contributed by atoms with Crippen molar-refractivity contribution in [3.8, 4) is 0 Å². The number of aliphatic hydroxyl groups is 1. The van der Waals surface area contributed by atoms with E-state index in [1.54, 1.807) is 4.90 Å². The molecule has 0 saturated carbocycles. The van der Waals surface area contributed by atoms with Gasteiger partial charge in [-0.1, -0.05) is 30.3 Å². The Labute approximate surface area is 133 Å². The van der Waals surface area contributed by atoms with Crippen LogP contribution in [0.4, 0.5) is 4.79 Å². The van der Waals surface area contributed by atoms with Crippen LogP contribution in [0.2, 0.25) is 0 Å². The van der Waals surface area contributed by atoms with Crippen molar-refractivity contribution in [2.45, 2.75) is 32.1 Å². The zero-order valence-corrected chi connectivity index (χ0v) is 13.0. The van der Waals surface area contributed by atoms with Crippen LogP contribution in [0.25, 0.3) is 0 Å². The maximum absolute atomic E-state index is 12.3. The van der Waals surface area contributed by atoms with E-state index in [2.05, 4.69) is 4.98 Å². The van der Waals surface area contributed by atoms with Gasteiger partial charge >= 0.3 is 6.09 Å². The molecular formula is C16H18N2O3S. The molecule has 1 N–H and O–H groups in total. The van der Waals surface area contributed by atoms with Crippen LogP contribution in [0.5, 0.6) is 0 Å². The number of thiazole rings is 1. The van der Waals surface area contributed by atoms with E-state index in [-0.39, 0.29) is 25.3 Å². The van der Waals surface area contributed by atoms with Crippen molar-refractivity contribution in [3.05, 3.63) is 52.0 Å². The smallest absolute Gasteiger partial charge is 0.410 e. The highest BCUT2D eigenvalue weighted by Gasteiger charge is 2.33. The summed E-state index contributed by atoms with van der Waals surface area (Å²) in [6.07, 6.45) is 1.53. The Morgan fingerprint density at radius 3 is 2.95 bits per heavy atom. The molecular weight excluding hydrogens is 300 g/mol. The van der Waals surface area contributed by atoms with Gasteiger partial charge in [-0.2, -0.15) is 0 Å². The molecule has 6 heteroatoms. The van der Waals surface area contributed by atoms with Crippen LogP contribution in [0.3, 0.4) is 0 Å². The molecule has 1 aliphatic heterocycles. The number of nitrogens with zero attached hydrogens (tertiary/aromatic N) is 2. The summed E-state index contributed by atoms with van der Waals surface area (Å²) in [7, 11) is 0. The molecule has 5 nitrogen and oxygen atoms in total. The minimum Gasteiger partial charge on any atom is -0.445 e. The summed E-state index contributed by atoms with van der Waals surface area (Å²) in [5.74, 6) is 0. The van der Waals surface area contributed by atoms with Crippen molar-refractivity contribution in [2.75, 3.05) is 6.54 Å². The first-order chi connectivity index (χ1) is 10.8. The number of hydrogen-bond acceptors (Lipinski definition) is 5. The number of ether oxygens (including phenoxy) is 1. The van der Waals surface area contributed by atoms with E-state index in [0.29, 0.717) is 12.2 Å². The van der Waals surface area contributed by atoms with Crippen molar-refractivity contribution in [3.63, 3.8) is 0 Å². The molecule has 2 aromatic rings. The number of likely N-dealkylation sites (tertiary alicyclic amines) is 1. The topological polar surface area (TPSA) is 62.7 Å². The molecule has 0 radical (unpaired) electrons. The fraction of sp³-hybridized carbons (Fsp3) is 0.375. The summed E-state index contributed by atoms with van der Waals surface area (Å²) in [5, 5.41) is 11.8. The molecule has 22 heavy (non-hydrogen) atoms. The van der Waals surface area contributed by atoms with Gasteiger partial charge in [0.05, 0.1) is 18.3 Å². The molecule has 3 rings (SSSR count). The quantitative estimate of drug-likeness (QED) is 0.941. The van der Waals surface area contributed by atoms with Crippen molar-refractivity contribution in [1.29, 1.82) is 0 Å². The Kier molecular flexibility index (Phi) is 4.70. The normalized spacial score (nSPS) is 17.7. The summed E-state index contributed by atoms with van der Waals surface area (Å²) in [5.41, 5.74) is 1.63. The third-order valence-electron chi connectivity index (χ3n) is 3.71. The molecule has 1 saturated heterocycles. The molecule has 1 atom stereocenters. The predicted molar refractivity (Wildman–Crippen MR) is 83.3 cm³/mol. The number of carbonyl (C=O) groups excluding carboxylic acids is 1. The minimum atomic E-state index is -0.299. The molecule has 1 aliphatic rings. The van der Waals surface area contributed by atoms with Crippen LogP contribution >= 0.6 is 11.3 Å². The summed E-state index contributed by atoms with van der Waals surface area (Å²) >= 11 is 1.49. The third-order valence-corrected chi connectivity index (χ3v) is 4.70. The Morgan fingerprint density at radius 1 is 1.41 bits per heavy atom. The maximum Gasteiger partial charge on any atom is 0.410 e. The highest BCUT2D eigenvalue weighted by Crippen LogP contribution is 2.34. The van der Waals surface area contributed by atoms with E-state index in [0.717, 1.165) is 23.4 Å². The Balaban J connectivity index is 1.63. The van der Waals surface area contributed by atoms with Gasteiger partial charge in [0.2, 0.25) is 0 Å². The first-order valence-electron chi connectivity index (χ1n) is 7.30. The second-order valence-corrected chi connectivity index (χ2v) is 6.12. The number of aliphatic hydroxyl groups excluding tert-OH is 1. The van der Waals surface area contributed by atoms with Crippen LogP contribution in [-0.2, 0) is 18.0 Å². The van der Waals surface area contributed by atoms with Crippen LogP contribution < -0.4 is 0 Å². The van der Waals surface area contributed by atoms with Crippen LogP contribution in [0.15, 0.2) is 35.7 Å². The lowest BCUT2D eigenvalue weighted by Crippen LogP contribution is -2.31. The van der Waals surface area contributed by atoms with E-state index in [4.69, 9.17) is 9.84 Å². The fourth-order valence-corrected chi connectivity index (χ4v) is 3.55. The summed E-state index contributed by atoms with van der Waals surface area (Å²) in [6.45, 7) is 0.899. The first kappa shape index (κ1) is 15.0. The Morgan fingerprint density at radius 2 is 2.23 bits per heavy atom. The average Bonchev–Trinajstić information content (AvgIpc) is 3.21. The number of carbonyl (C=O) groups is 1. The molecule has 0 spiro atoms. The summed E-state index contributed by atoms with van der Waals surface area (Å²) < 4.78 is 5.41. The monoisotopic (exact) mass is 318 g/mol. The highest BCUT2D eigenvalue weighted by atomic mass is 32.1. The average molecular weight is 318 g/mol. The number of amides is 1. The number of benzene rings is 1. The van der Waals surface area contributed by atoms with Crippen molar-refractivity contribution in [2.24, 2.45) is 0 Å². The lowest BCUT2D eigenvalue weighted by molar-refractivity contribution is 0.0920. The molecule has 1 aromatic heterocycles. The van der Waals surface area contributed by atoms with Crippen molar-refractivity contribution >= 4 is 17.4 Å². The molecule has 1 amide bonds. The van der Waals surface area contributed by atoms with Gasteiger partial charge in [-0.05, 0) is 18.4 Å². The van der Waals surface area contributed by atoms with Crippen molar-refractivity contribution in [1.82, 2.24) is 9.88 Å². The standard InChI is InChI=1S/C16H18N2O3S/c19-9-13-11-22-15(17-13)14-7-4-8-18(14)16(20)21-10-12-5-2-1-3-6-12/h1-3,5-6,11,14,19H,4,7-10H2/t14-/m0/s1. The molecule has 0 aliphatic carbocycles. The zero-order chi connectivity index (χ0) is 15.4. The number of rotatable bonds is 4. The van der Waals surface area contributed by atoms with Crippen LogP contribution in [0.1, 0.15) is 35.1 Å². The fourth-order valence-electron chi connectivity index (χ4n) is 2.59. The van der Waals surface area contributed by atoms with Gasteiger partial charge in [0.15, 0.2) is 0 Å². The van der Waals surface area contributed by atoms with Gasteiger partial charge in [0.25, 0.3) is 0 Å². The molecule has 1 aromatic carbocycles.